The Hall–Kier alpha value is -2.57. The average Bonchev–Trinajstić information content (AvgIpc) is 2.94. The van der Waals surface area contributed by atoms with Crippen LogP contribution in [0, 0.1) is 0 Å². The summed E-state index contributed by atoms with van der Waals surface area (Å²) >= 11 is 6.01. The number of carbonyl (C=O) groups excluding carboxylic acids is 1. The van der Waals surface area contributed by atoms with Crippen LogP contribution in [0.25, 0.3) is 11.0 Å². The second-order valence-electron chi connectivity index (χ2n) is 5.99. The van der Waals surface area contributed by atoms with E-state index >= 15 is 0 Å². The number of imidazole rings is 1. The number of H-pyrrole nitrogens is 2. The van der Waals surface area contributed by atoms with Crippen LogP contribution in [0.5, 0.6) is 0 Å². The topological polar surface area (TPSA) is 89.8 Å². The van der Waals surface area contributed by atoms with Crippen molar-refractivity contribution in [3.8, 4) is 0 Å². The molecule has 1 heterocycles. The molecule has 1 amide bonds. The molecule has 7 heteroatoms. The molecule has 130 valence electrons. The Labute approximate surface area is 149 Å². The van der Waals surface area contributed by atoms with Gasteiger partial charge in [0.2, 0.25) is 5.91 Å². The molecule has 0 bridgehead atoms. The zero-order valence-corrected chi connectivity index (χ0v) is 14.6. The van der Waals surface area contributed by atoms with Crippen LogP contribution < -0.4 is 16.3 Å². The van der Waals surface area contributed by atoms with Gasteiger partial charge in [-0.1, -0.05) is 23.7 Å². The van der Waals surface area contributed by atoms with E-state index in [0.29, 0.717) is 21.7 Å². The SMILES string of the molecule is CC(NC(C)c1cccc(Cl)c1)C(=O)Nc1ccc2[nH]c(=O)[nH]c2c1. The highest BCUT2D eigenvalue weighted by Gasteiger charge is 2.17. The summed E-state index contributed by atoms with van der Waals surface area (Å²) in [4.78, 5) is 29.0. The highest BCUT2D eigenvalue weighted by molar-refractivity contribution is 6.30. The first-order chi connectivity index (χ1) is 11.9. The summed E-state index contributed by atoms with van der Waals surface area (Å²) in [5, 5.41) is 6.76. The summed E-state index contributed by atoms with van der Waals surface area (Å²) in [7, 11) is 0. The number of nitrogens with one attached hydrogen (secondary N) is 4. The van der Waals surface area contributed by atoms with Crippen molar-refractivity contribution in [2.24, 2.45) is 0 Å². The highest BCUT2D eigenvalue weighted by atomic mass is 35.5. The van der Waals surface area contributed by atoms with Crippen molar-refractivity contribution in [1.29, 1.82) is 0 Å². The molecule has 1 aromatic heterocycles. The van der Waals surface area contributed by atoms with Crippen molar-refractivity contribution < 1.29 is 4.79 Å². The fraction of sp³-hybridized carbons (Fsp3) is 0.222. The second kappa shape index (κ2) is 7.13. The van der Waals surface area contributed by atoms with Gasteiger partial charge in [0.05, 0.1) is 17.1 Å². The van der Waals surface area contributed by atoms with E-state index in [1.807, 2.05) is 31.2 Å². The Kier molecular flexibility index (Phi) is 4.92. The predicted molar refractivity (Wildman–Crippen MR) is 100 cm³/mol. The second-order valence-corrected chi connectivity index (χ2v) is 6.43. The molecule has 0 spiro atoms. The number of benzene rings is 2. The fourth-order valence-corrected chi connectivity index (χ4v) is 2.88. The molecule has 0 aliphatic heterocycles. The molecule has 2 aromatic carbocycles. The van der Waals surface area contributed by atoms with Crippen molar-refractivity contribution in [3.63, 3.8) is 0 Å². The van der Waals surface area contributed by atoms with Gasteiger partial charge in [-0.15, -0.1) is 0 Å². The molecule has 3 aromatic rings. The lowest BCUT2D eigenvalue weighted by Crippen LogP contribution is -2.39. The Morgan fingerprint density at radius 2 is 1.84 bits per heavy atom. The third-order valence-corrected chi connectivity index (χ3v) is 4.26. The number of fused-ring (bicyclic) bond motifs is 1. The number of rotatable bonds is 5. The van der Waals surface area contributed by atoms with E-state index in [0.717, 1.165) is 5.56 Å². The maximum absolute atomic E-state index is 12.4. The van der Waals surface area contributed by atoms with Gasteiger partial charge < -0.3 is 15.3 Å². The van der Waals surface area contributed by atoms with E-state index in [2.05, 4.69) is 20.6 Å². The number of amides is 1. The number of hydrogen-bond donors (Lipinski definition) is 4. The highest BCUT2D eigenvalue weighted by Crippen LogP contribution is 2.18. The average molecular weight is 359 g/mol. The standard InChI is InChI=1S/C18H19ClN4O2/c1-10(12-4-3-5-13(19)8-12)20-11(2)17(24)21-14-6-7-15-16(9-14)23-18(25)22-15/h3-11,20H,1-2H3,(H,21,24)(H2,22,23,25). The van der Waals surface area contributed by atoms with Gasteiger partial charge in [0.1, 0.15) is 0 Å². The lowest BCUT2D eigenvalue weighted by Gasteiger charge is -2.20. The summed E-state index contributed by atoms with van der Waals surface area (Å²) in [6, 6.07) is 12.3. The smallest absolute Gasteiger partial charge is 0.323 e. The van der Waals surface area contributed by atoms with Crippen LogP contribution in [0.15, 0.2) is 47.3 Å². The Bertz CT molecular complexity index is 963. The first-order valence-electron chi connectivity index (χ1n) is 7.97. The molecule has 0 fully saturated rings. The van der Waals surface area contributed by atoms with Crippen LogP contribution in [0.1, 0.15) is 25.5 Å². The molecule has 3 rings (SSSR count). The van der Waals surface area contributed by atoms with Crippen molar-refractivity contribution in [2.45, 2.75) is 25.9 Å². The maximum atomic E-state index is 12.4. The normalized spacial score (nSPS) is 13.6. The van der Waals surface area contributed by atoms with Crippen LogP contribution in [-0.2, 0) is 4.79 Å². The summed E-state index contributed by atoms with van der Waals surface area (Å²) in [6.45, 7) is 3.78. The van der Waals surface area contributed by atoms with Gasteiger partial charge in [-0.3, -0.25) is 10.1 Å². The zero-order chi connectivity index (χ0) is 18.0. The van der Waals surface area contributed by atoms with Crippen molar-refractivity contribution in [2.75, 3.05) is 5.32 Å². The molecular weight excluding hydrogens is 340 g/mol. The molecule has 0 saturated carbocycles. The third-order valence-electron chi connectivity index (χ3n) is 4.03. The molecule has 2 unspecified atom stereocenters. The largest absolute Gasteiger partial charge is 0.325 e. The summed E-state index contributed by atoms with van der Waals surface area (Å²) < 4.78 is 0. The molecule has 4 N–H and O–H groups in total. The number of aromatic amines is 2. The first kappa shape index (κ1) is 17.3. The van der Waals surface area contributed by atoms with Gasteiger partial charge in [-0.05, 0) is 49.7 Å². The lowest BCUT2D eigenvalue weighted by atomic mass is 10.1. The third kappa shape index (κ3) is 4.10. The van der Waals surface area contributed by atoms with Crippen molar-refractivity contribution >= 4 is 34.2 Å². The summed E-state index contributed by atoms with van der Waals surface area (Å²) in [6.07, 6.45) is 0. The van der Waals surface area contributed by atoms with Gasteiger partial charge >= 0.3 is 5.69 Å². The quantitative estimate of drug-likeness (QED) is 0.564. The Morgan fingerprint density at radius 3 is 2.60 bits per heavy atom. The molecular formula is C18H19ClN4O2. The van der Waals surface area contributed by atoms with E-state index in [1.54, 1.807) is 25.1 Å². The molecule has 25 heavy (non-hydrogen) atoms. The Balaban J connectivity index is 1.66. The number of halogens is 1. The first-order valence-corrected chi connectivity index (χ1v) is 8.34. The molecule has 0 aliphatic rings. The molecule has 0 aliphatic carbocycles. The number of carbonyl (C=O) groups is 1. The number of hydrogen-bond acceptors (Lipinski definition) is 3. The van der Waals surface area contributed by atoms with Gasteiger partial charge in [-0.25, -0.2) is 4.79 Å². The van der Waals surface area contributed by atoms with Crippen LogP contribution in [-0.4, -0.2) is 21.9 Å². The van der Waals surface area contributed by atoms with Crippen LogP contribution in [0.3, 0.4) is 0 Å². The van der Waals surface area contributed by atoms with E-state index < -0.39 is 6.04 Å². The van der Waals surface area contributed by atoms with Crippen LogP contribution in [0.4, 0.5) is 5.69 Å². The predicted octanol–water partition coefficient (Wildman–Crippen LogP) is 3.19. The van der Waals surface area contributed by atoms with E-state index in [-0.39, 0.29) is 17.6 Å². The molecule has 0 saturated heterocycles. The lowest BCUT2D eigenvalue weighted by molar-refractivity contribution is -0.117. The fourth-order valence-electron chi connectivity index (χ4n) is 2.68. The summed E-state index contributed by atoms with van der Waals surface area (Å²) in [5.41, 5.74) is 2.71. The maximum Gasteiger partial charge on any atom is 0.323 e. The minimum absolute atomic E-state index is 0.0250. The molecule has 0 radical (unpaired) electrons. The minimum atomic E-state index is -0.407. The van der Waals surface area contributed by atoms with Gasteiger partial charge in [0.25, 0.3) is 0 Å². The van der Waals surface area contributed by atoms with Gasteiger partial charge in [0, 0.05) is 16.8 Å². The van der Waals surface area contributed by atoms with Gasteiger partial charge in [-0.2, -0.15) is 0 Å². The van der Waals surface area contributed by atoms with Crippen LogP contribution in [0.2, 0.25) is 5.02 Å². The van der Waals surface area contributed by atoms with Crippen molar-refractivity contribution in [3.05, 3.63) is 63.5 Å². The van der Waals surface area contributed by atoms with Crippen molar-refractivity contribution in [1.82, 2.24) is 15.3 Å². The van der Waals surface area contributed by atoms with E-state index in [1.165, 1.54) is 0 Å². The molecule has 2 atom stereocenters. The van der Waals surface area contributed by atoms with E-state index in [4.69, 9.17) is 11.6 Å². The van der Waals surface area contributed by atoms with E-state index in [9.17, 15) is 9.59 Å². The zero-order valence-electron chi connectivity index (χ0n) is 13.9. The van der Waals surface area contributed by atoms with Gasteiger partial charge in [0.15, 0.2) is 0 Å². The van der Waals surface area contributed by atoms with Crippen LogP contribution >= 0.6 is 11.6 Å². The minimum Gasteiger partial charge on any atom is -0.325 e. The molecule has 6 nitrogen and oxygen atoms in total. The monoisotopic (exact) mass is 358 g/mol. The number of anilines is 1. The summed E-state index contributed by atoms with van der Waals surface area (Å²) in [5.74, 6) is -0.161. The Morgan fingerprint density at radius 1 is 1.08 bits per heavy atom. The number of aromatic nitrogens is 2.